The monoisotopic (exact) mass is 251 g/mol. The minimum absolute atomic E-state index is 0.283. The Hall–Kier alpha value is -2.24. The fraction of sp³-hybridized carbons (Fsp3) is 0.333. The molecule has 0 saturated carbocycles. The van der Waals surface area contributed by atoms with Gasteiger partial charge < -0.3 is 20.7 Å². The summed E-state index contributed by atoms with van der Waals surface area (Å²) in [4.78, 5) is 21.5. The molecule has 0 fully saturated rings. The van der Waals surface area contributed by atoms with Crippen molar-refractivity contribution in [3.8, 4) is 5.75 Å². The lowest BCUT2D eigenvalue weighted by Crippen LogP contribution is -2.31. The Kier molecular flexibility index (Phi) is 6.10. The van der Waals surface area contributed by atoms with Gasteiger partial charge in [0.05, 0.1) is 7.11 Å². The minimum Gasteiger partial charge on any atom is -0.497 e. The SMILES string of the molecule is COc1cccc(NC(=O)NCCCNC=O)c1. The molecule has 0 heterocycles. The average Bonchev–Trinajstić information content (AvgIpc) is 2.38. The molecule has 1 aromatic carbocycles. The molecule has 18 heavy (non-hydrogen) atoms. The molecule has 0 radical (unpaired) electrons. The summed E-state index contributed by atoms with van der Waals surface area (Å²) in [6, 6.07) is 6.81. The molecule has 0 spiro atoms. The van der Waals surface area contributed by atoms with Crippen LogP contribution in [0.3, 0.4) is 0 Å². The minimum atomic E-state index is -0.283. The topological polar surface area (TPSA) is 79.5 Å². The van der Waals surface area contributed by atoms with E-state index >= 15 is 0 Å². The van der Waals surface area contributed by atoms with Gasteiger partial charge in [0.15, 0.2) is 0 Å². The molecule has 0 saturated heterocycles. The number of ether oxygens (including phenoxy) is 1. The third-order valence-corrected chi connectivity index (χ3v) is 2.19. The molecule has 3 N–H and O–H groups in total. The highest BCUT2D eigenvalue weighted by molar-refractivity contribution is 5.89. The molecule has 0 aliphatic heterocycles. The van der Waals surface area contributed by atoms with Crippen molar-refractivity contribution in [2.24, 2.45) is 0 Å². The second kappa shape index (κ2) is 7.94. The van der Waals surface area contributed by atoms with Crippen LogP contribution >= 0.6 is 0 Å². The first kappa shape index (κ1) is 13.8. The van der Waals surface area contributed by atoms with Crippen LogP contribution in [0, 0.1) is 0 Å². The molecule has 0 aliphatic carbocycles. The molecule has 0 aromatic heterocycles. The van der Waals surface area contributed by atoms with E-state index in [-0.39, 0.29) is 6.03 Å². The quantitative estimate of drug-likeness (QED) is 0.498. The van der Waals surface area contributed by atoms with E-state index in [1.54, 1.807) is 31.4 Å². The van der Waals surface area contributed by atoms with E-state index in [9.17, 15) is 9.59 Å². The van der Waals surface area contributed by atoms with Crippen LogP contribution in [-0.4, -0.2) is 32.6 Å². The average molecular weight is 251 g/mol. The number of carbonyl (C=O) groups is 2. The largest absolute Gasteiger partial charge is 0.497 e. The maximum Gasteiger partial charge on any atom is 0.319 e. The van der Waals surface area contributed by atoms with E-state index in [0.717, 1.165) is 0 Å². The van der Waals surface area contributed by atoms with Gasteiger partial charge in [-0.2, -0.15) is 0 Å². The van der Waals surface area contributed by atoms with E-state index in [0.29, 0.717) is 37.4 Å². The van der Waals surface area contributed by atoms with Crippen LogP contribution in [0.2, 0.25) is 0 Å². The standard InChI is InChI=1S/C12H17N3O3/c1-18-11-5-2-4-10(8-11)15-12(17)14-7-3-6-13-9-16/h2,4-5,8-9H,3,6-7H2,1H3,(H,13,16)(H2,14,15,17). The first-order valence-corrected chi connectivity index (χ1v) is 5.62. The molecule has 3 amide bonds. The number of nitrogens with one attached hydrogen (secondary N) is 3. The smallest absolute Gasteiger partial charge is 0.319 e. The van der Waals surface area contributed by atoms with Gasteiger partial charge in [0.1, 0.15) is 5.75 Å². The fourth-order valence-corrected chi connectivity index (χ4v) is 1.33. The number of benzene rings is 1. The number of carbonyl (C=O) groups excluding carboxylic acids is 2. The third kappa shape index (κ3) is 5.20. The summed E-state index contributed by atoms with van der Waals surface area (Å²) < 4.78 is 5.05. The van der Waals surface area contributed by atoms with Crippen molar-refractivity contribution in [1.82, 2.24) is 10.6 Å². The molecule has 98 valence electrons. The molecule has 0 unspecified atom stereocenters. The van der Waals surface area contributed by atoms with Gasteiger partial charge in [0, 0.05) is 24.8 Å². The van der Waals surface area contributed by atoms with Crippen LogP contribution in [0.4, 0.5) is 10.5 Å². The Balaban J connectivity index is 2.28. The van der Waals surface area contributed by atoms with Crippen LogP contribution in [0.1, 0.15) is 6.42 Å². The lowest BCUT2D eigenvalue weighted by molar-refractivity contribution is -0.109. The molecule has 0 atom stereocenters. The number of urea groups is 1. The summed E-state index contributed by atoms with van der Waals surface area (Å²) in [7, 11) is 1.57. The van der Waals surface area contributed by atoms with Crippen molar-refractivity contribution in [1.29, 1.82) is 0 Å². The van der Waals surface area contributed by atoms with Crippen molar-refractivity contribution in [3.05, 3.63) is 24.3 Å². The van der Waals surface area contributed by atoms with E-state index in [2.05, 4.69) is 16.0 Å². The summed E-state index contributed by atoms with van der Waals surface area (Å²) in [6.07, 6.45) is 1.32. The first-order valence-electron chi connectivity index (χ1n) is 5.62. The highest BCUT2D eigenvalue weighted by Crippen LogP contribution is 2.16. The van der Waals surface area contributed by atoms with Gasteiger partial charge in [-0.05, 0) is 18.6 Å². The van der Waals surface area contributed by atoms with E-state index in [1.807, 2.05) is 0 Å². The van der Waals surface area contributed by atoms with Crippen LogP contribution in [0.25, 0.3) is 0 Å². The Labute approximate surface area is 106 Å². The lowest BCUT2D eigenvalue weighted by atomic mass is 10.3. The van der Waals surface area contributed by atoms with Gasteiger partial charge in [0.25, 0.3) is 0 Å². The summed E-state index contributed by atoms with van der Waals surface area (Å²) in [5, 5.41) is 7.89. The van der Waals surface area contributed by atoms with Crippen molar-refractivity contribution < 1.29 is 14.3 Å². The molecular formula is C12H17N3O3. The third-order valence-electron chi connectivity index (χ3n) is 2.19. The Morgan fingerprint density at radius 3 is 2.94 bits per heavy atom. The van der Waals surface area contributed by atoms with Crippen molar-refractivity contribution >= 4 is 18.1 Å². The number of hydrogen-bond donors (Lipinski definition) is 3. The van der Waals surface area contributed by atoms with E-state index < -0.39 is 0 Å². The van der Waals surface area contributed by atoms with Gasteiger partial charge in [-0.15, -0.1) is 0 Å². The van der Waals surface area contributed by atoms with Crippen LogP contribution in [0.5, 0.6) is 5.75 Å². The Morgan fingerprint density at radius 1 is 1.39 bits per heavy atom. The van der Waals surface area contributed by atoms with Gasteiger partial charge in [-0.25, -0.2) is 4.79 Å². The molecular weight excluding hydrogens is 234 g/mol. The molecule has 1 aromatic rings. The van der Waals surface area contributed by atoms with Crippen molar-refractivity contribution in [3.63, 3.8) is 0 Å². The van der Waals surface area contributed by atoms with Crippen molar-refractivity contribution in [2.45, 2.75) is 6.42 Å². The zero-order valence-corrected chi connectivity index (χ0v) is 10.2. The molecule has 0 aliphatic rings. The fourth-order valence-electron chi connectivity index (χ4n) is 1.33. The number of hydrogen-bond acceptors (Lipinski definition) is 3. The van der Waals surface area contributed by atoms with Gasteiger partial charge in [-0.1, -0.05) is 6.07 Å². The zero-order chi connectivity index (χ0) is 13.2. The van der Waals surface area contributed by atoms with Gasteiger partial charge >= 0.3 is 6.03 Å². The number of rotatable bonds is 7. The highest BCUT2D eigenvalue weighted by atomic mass is 16.5. The summed E-state index contributed by atoms with van der Waals surface area (Å²) in [5.74, 6) is 0.683. The predicted octanol–water partition coefficient (Wildman–Crippen LogP) is 0.953. The van der Waals surface area contributed by atoms with Crippen LogP contribution < -0.4 is 20.7 Å². The molecule has 0 bridgehead atoms. The molecule has 1 rings (SSSR count). The van der Waals surface area contributed by atoms with Crippen molar-refractivity contribution in [2.75, 3.05) is 25.5 Å². The maximum absolute atomic E-state index is 11.5. The first-order chi connectivity index (χ1) is 8.76. The zero-order valence-electron chi connectivity index (χ0n) is 10.2. The van der Waals surface area contributed by atoms with Crippen LogP contribution in [-0.2, 0) is 4.79 Å². The molecule has 6 heteroatoms. The maximum atomic E-state index is 11.5. The number of anilines is 1. The summed E-state index contributed by atoms with van der Waals surface area (Å²) >= 11 is 0. The second-order valence-electron chi connectivity index (χ2n) is 3.54. The summed E-state index contributed by atoms with van der Waals surface area (Å²) in [6.45, 7) is 1.04. The van der Waals surface area contributed by atoms with Gasteiger partial charge in [-0.3, -0.25) is 4.79 Å². The van der Waals surface area contributed by atoms with Gasteiger partial charge in [0.2, 0.25) is 6.41 Å². The number of methoxy groups -OCH3 is 1. The normalized spacial score (nSPS) is 9.39. The number of amides is 3. The van der Waals surface area contributed by atoms with E-state index in [4.69, 9.17) is 4.74 Å². The summed E-state index contributed by atoms with van der Waals surface area (Å²) in [5.41, 5.74) is 0.665. The van der Waals surface area contributed by atoms with E-state index in [1.165, 1.54) is 0 Å². The predicted molar refractivity (Wildman–Crippen MR) is 68.7 cm³/mol. The van der Waals surface area contributed by atoms with Crippen LogP contribution in [0.15, 0.2) is 24.3 Å². The lowest BCUT2D eigenvalue weighted by Gasteiger charge is -2.08. The highest BCUT2D eigenvalue weighted by Gasteiger charge is 2.01. The second-order valence-corrected chi connectivity index (χ2v) is 3.54. The molecule has 6 nitrogen and oxygen atoms in total. The Bertz CT molecular complexity index is 396. The Morgan fingerprint density at radius 2 is 2.22 bits per heavy atom.